The Bertz CT molecular complexity index is 320. The average molecular weight is 191 g/mol. The molecule has 0 heterocycles. The van der Waals surface area contributed by atoms with Gasteiger partial charge in [-0.1, -0.05) is 31.2 Å². The van der Waals surface area contributed by atoms with Crippen LogP contribution in [0.2, 0.25) is 0 Å². The molecule has 0 aliphatic heterocycles. The first kappa shape index (κ1) is 9.69. The lowest BCUT2D eigenvalue weighted by molar-refractivity contribution is 0.162. The van der Waals surface area contributed by atoms with Gasteiger partial charge in [-0.15, -0.1) is 0 Å². The van der Waals surface area contributed by atoms with Crippen LogP contribution in [0.3, 0.4) is 0 Å². The summed E-state index contributed by atoms with van der Waals surface area (Å²) in [6, 6.07) is 8.40. The van der Waals surface area contributed by atoms with E-state index >= 15 is 0 Å². The molecule has 1 unspecified atom stereocenters. The second kappa shape index (κ2) is 3.71. The third-order valence-corrected chi connectivity index (χ3v) is 3.14. The molecule has 0 saturated heterocycles. The Morgan fingerprint density at radius 3 is 2.93 bits per heavy atom. The first-order valence-corrected chi connectivity index (χ1v) is 5.26. The molecule has 1 aromatic carbocycles. The van der Waals surface area contributed by atoms with Gasteiger partial charge in [-0.3, -0.25) is 0 Å². The van der Waals surface area contributed by atoms with Crippen molar-refractivity contribution in [3.8, 4) is 0 Å². The maximum atomic E-state index is 9.53. The molecule has 1 aromatic rings. The molecule has 1 atom stereocenters. The van der Waals surface area contributed by atoms with Crippen molar-refractivity contribution in [1.82, 2.24) is 5.32 Å². The molecule has 2 nitrogen and oxygen atoms in total. The molecule has 76 valence electrons. The third kappa shape index (κ3) is 1.35. The maximum absolute atomic E-state index is 9.53. The minimum Gasteiger partial charge on any atom is -0.394 e. The maximum Gasteiger partial charge on any atom is 0.0674 e. The van der Waals surface area contributed by atoms with E-state index in [1.165, 1.54) is 11.1 Å². The van der Waals surface area contributed by atoms with Crippen LogP contribution in [-0.2, 0) is 12.0 Å². The summed E-state index contributed by atoms with van der Waals surface area (Å²) in [5.74, 6) is 0. The van der Waals surface area contributed by atoms with Gasteiger partial charge in [0, 0.05) is 0 Å². The number of hydrogen-bond donors (Lipinski definition) is 2. The zero-order valence-corrected chi connectivity index (χ0v) is 8.59. The molecule has 2 rings (SSSR count). The van der Waals surface area contributed by atoms with Crippen LogP contribution in [0.1, 0.15) is 24.5 Å². The minimum atomic E-state index is -0.175. The molecule has 1 aliphatic carbocycles. The number of aliphatic hydroxyl groups excluding tert-OH is 1. The molecule has 0 bridgehead atoms. The molecule has 2 N–H and O–H groups in total. The minimum absolute atomic E-state index is 0.175. The van der Waals surface area contributed by atoms with Crippen LogP contribution in [-0.4, -0.2) is 18.3 Å². The van der Waals surface area contributed by atoms with Gasteiger partial charge in [0.2, 0.25) is 0 Å². The fourth-order valence-corrected chi connectivity index (χ4v) is 2.43. The number of benzene rings is 1. The fourth-order valence-electron chi connectivity index (χ4n) is 2.43. The smallest absolute Gasteiger partial charge is 0.0674 e. The zero-order chi connectivity index (χ0) is 10.0. The normalized spacial score (nSPS) is 25.0. The van der Waals surface area contributed by atoms with E-state index in [0.29, 0.717) is 0 Å². The fraction of sp³-hybridized carbons (Fsp3) is 0.500. The molecule has 14 heavy (non-hydrogen) atoms. The van der Waals surface area contributed by atoms with E-state index in [1.54, 1.807) is 0 Å². The Balaban J connectivity index is 2.39. The van der Waals surface area contributed by atoms with E-state index in [-0.39, 0.29) is 12.1 Å². The van der Waals surface area contributed by atoms with Gasteiger partial charge in [0.15, 0.2) is 0 Å². The second-order valence-electron chi connectivity index (χ2n) is 3.93. The van der Waals surface area contributed by atoms with Crippen molar-refractivity contribution in [2.45, 2.75) is 25.3 Å². The lowest BCUT2D eigenvalue weighted by atomic mass is 9.93. The van der Waals surface area contributed by atoms with Crippen molar-refractivity contribution in [1.29, 1.82) is 0 Å². The number of fused-ring (bicyclic) bond motifs is 1. The van der Waals surface area contributed by atoms with Gasteiger partial charge >= 0.3 is 0 Å². The van der Waals surface area contributed by atoms with Crippen molar-refractivity contribution < 1.29 is 5.11 Å². The highest BCUT2D eigenvalue weighted by atomic mass is 16.3. The highest BCUT2D eigenvalue weighted by molar-refractivity contribution is 5.38. The van der Waals surface area contributed by atoms with Crippen LogP contribution >= 0.6 is 0 Å². The van der Waals surface area contributed by atoms with Crippen LogP contribution in [0.15, 0.2) is 24.3 Å². The van der Waals surface area contributed by atoms with E-state index in [9.17, 15) is 5.11 Å². The quantitative estimate of drug-likeness (QED) is 0.757. The summed E-state index contributed by atoms with van der Waals surface area (Å²) in [6.07, 6.45) is 2.08. The van der Waals surface area contributed by atoms with Crippen LogP contribution < -0.4 is 5.32 Å². The topological polar surface area (TPSA) is 32.3 Å². The van der Waals surface area contributed by atoms with Crippen LogP contribution in [0.4, 0.5) is 0 Å². The number of rotatable bonds is 3. The van der Waals surface area contributed by atoms with Crippen molar-refractivity contribution in [3.63, 3.8) is 0 Å². The van der Waals surface area contributed by atoms with Crippen molar-refractivity contribution in [2.75, 3.05) is 13.2 Å². The number of likely N-dealkylation sites (N-methyl/N-ethyl adjacent to an activating group) is 1. The van der Waals surface area contributed by atoms with Crippen molar-refractivity contribution in [2.24, 2.45) is 0 Å². The van der Waals surface area contributed by atoms with Gasteiger partial charge in [0.25, 0.3) is 0 Å². The molecule has 0 fully saturated rings. The zero-order valence-electron chi connectivity index (χ0n) is 8.59. The number of aliphatic hydroxyl groups is 1. The third-order valence-electron chi connectivity index (χ3n) is 3.14. The van der Waals surface area contributed by atoms with Gasteiger partial charge in [0.05, 0.1) is 12.1 Å². The Kier molecular flexibility index (Phi) is 2.57. The summed E-state index contributed by atoms with van der Waals surface area (Å²) in [4.78, 5) is 0. The molecule has 0 saturated carbocycles. The lowest BCUT2D eigenvalue weighted by Crippen LogP contribution is -2.43. The summed E-state index contributed by atoms with van der Waals surface area (Å²) in [5.41, 5.74) is 2.48. The highest BCUT2D eigenvalue weighted by Crippen LogP contribution is 2.36. The predicted molar refractivity (Wildman–Crippen MR) is 57.2 cm³/mol. The summed E-state index contributed by atoms with van der Waals surface area (Å²) in [7, 11) is 0. The highest BCUT2D eigenvalue weighted by Gasteiger charge is 2.36. The largest absolute Gasteiger partial charge is 0.394 e. The first-order chi connectivity index (χ1) is 6.82. The van der Waals surface area contributed by atoms with E-state index in [0.717, 1.165) is 19.4 Å². The molecular formula is C12H17NO. The van der Waals surface area contributed by atoms with Crippen LogP contribution in [0.5, 0.6) is 0 Å². The predicted octanol–water partition coefficient (Wildman–Crippen LogP) is 1.43. The van der Waals surface area contributed by atoms with E-state index in [1.807, 2.05) is 6.07 Å². The van der Waals surface area contributed by atoms with Crippen LogP contribution in [0, 0.1) is 0 Å². The molecule has 1 aliphatic rings. The monoisotopic (exact) mass is 191 g/mol. The van der Waals surface area contributed by atoms with E-state index in [2.05, 4.69) is 30.4 Å². The molecule has 0 spiro atoms. The average Bonchev–Trinajstić information content (AvgIpc) is 2.59. The van der Waals surface area contributed by atoms with Gasteiger partial charge in [-0.05, 0) is 30.5 Å². The molecule has 0 amide bonds. The summed E-state index contributed by atoms with van der Waals surface area (Å²) >= 11 is 0. The molecule has 0 aromatic heterocycles. The van der Waals surface area contributed by atoms with E-state index < -0.39 is 0 Å². The Labute approximate surface area is 85.0 Å². The van der Waals surface area contributed by atoms with Crippen molar-refractivity contribution in [3.05, 3.63) is 35.4 Å². The summed E-state index contributed by atoms with van der Waals surface area (Å²) in [6.45, 7) is 3.17. The lowest BCUT2D eigenvalue weighted by Gasteiger charge is -2.29. The SMILES string of the molecule is CCNC1(CO)CCc2ccccc21. The standard InChI is InChI=1S/C12H17NO/c1-2-13-12(9-14)8-7-10-5-3-4-6-11(10)12/h3-6,13-14H,2,7-9H2,1H3. The number of aryl methyl sites for hydroxylation is 1. The van der Waals surface area contributed by atoms with Gasteiger partial charge in [0.1, 0.15) is 0 Å². The molecule has 0 radical (unpaired) electrons. The van der Waals surface area contributed by atoms with Crippen molar-refractivity contribution >= 4 is 0 Å². The summed E-state index contributed by atoms with van der Waals surface area (Å²) < 4.78 is 0. The van der Waals surface area contributed by atoms with Gasteiger partial charge < -0.3 is 10.4 Å². The van der Waals surface area contributed by atoms with Gasteiger partial charge in [-0.25, -0.2) is 0 Å². The van der Waals surface area contributed by atoms with Crippen LogP contribution in [0.25, 0.3) is 0 Å². The Morgan fingerprint density at radius 1 is 1.43 bits per heavy atom. The molecular weight excluding hydrogens is 174 g/mol. The van der Waals surface area contributed by atoms with E-state index in [4.69, 9.17) is 0 Å². The summed E-state index contributed by atoms with van der Waals surface area (Å²) in [5, 5.41) is 12.9. The number of hydrogen-bond acceptors (Lipinski definition) is 2. The van der Waals surface area contributed by atoms with Gasteiger partial charge in [-0.2, -0.15) is 0 Å². The number of nitrogens with one attached hydrogen (secondary N) is 1. The molecule has 2 heteroatoms. The Morgan fingerprint density at radius 2 is 2.21 bits per heavy atom. The second-order valence-corrected chi connectivity index (χ2v) is 3.93. The Hall–Kier alpha value is -0.860. The first-order valence-electron chi connectivity index (χ1n) is 5.26.